The second-order valence-corrected chi connectivity index (χ2v) is 4.21. The van der Waals surface area contributed by atoms with E-state index in [2.05, 4.69) is 5.10 Å². The number of hydrogen-bond donors (Lipinski definition) is 1. The number of nitrogens with two attached hydrogens (primary N) is 1. The number of aromatic nitrogens is 2. The van der Waals surface area contributed by atoms with Crippen molar-refractivity contribution >= 4 is 11.9 Å². The smallest absolute Gasteiger partial charge is 0.341 e. The highest BCUT2D eigenvalue weighted by molar-refractivity contribution is 5.92. The van der Waals surface area contributed by atoms with Gasteiger partial charge in [0.2, 0.25) is 5.91 Å². The average molecular weight is 273 g/mol. The minimum absolute atomic E-state index is 0.324. The molecule has 0 aliphatic heterocycles. The van der Waals surface area contributed by atoms with Crippen LogP contribution in [0.5, 0.6) is 0 Å². The van der Waals surface area contributed by atoms with Crippen LogP contribution in [0, 0.1) is 0 Å². The van der Waals surface area contributed by atoms with Crippen molar-refractivity contribution in [2.75, 3.05) is 6.61 Å². The molecule has 0 radical (unpaired) electrons. The molecule has 6 nitrogen and oxygen atoms in total. The van der Waals surface area contributed by atoms with E-state index in [1.165, 1.54) is 6.20 Å². The fourth-order valence-corrected chi connectivity index (χ4v) is 1.78. The largest absolute Gasteiger partial charge is 0.462 e. The van der Waals surface area contributed by atoms with Gasteiger partial charge in [-0.2, -0.15) is 5.10 Å². The van der Waals surface area contributed by atoms with Gasteiger partial charge in [0.05, 0.1) is 24.9 Å². The standard InChI is InChI=1S/C14H15N3O3/c1-2-20-14(19)12-7-16-17(9-12)8-10-4-3-5-11(6-10)13(15)18/h3-7,9H,2,8H2,1H3,(H2,15,18). The highest BCUT2D eigenvalue weighted by Crippen LogP contribution is 2.08. The lowest BCUT2D eigenvalue weighted by Gasteiger charge is -2.03. The molecule has 0 spiro atoms. The summed E-state index contributed by atoms with van der Waals surface area (Å²) in [5.74, 6) is -0.871. The molecule has 1 heterocycles. The molecule has 20 heavy (non-hydrogen) atoms. The van der Waals surface area contributed by atoms with E-state index in [-0.39, 0.29) is 0 Å². The van der Waals surface area contributed by atoms with Gasteiger partial charge in [0.15, 0.2) is 0 Å². The second kappa shape index (κ2) is 6.01. The van der Waals surface area contributed by atoms with Gasteiger partial charge < -0.3 is 10.5 Å². The maximum Gasteiger partial charge on any atom is 0.341 e. The predicted molar refractivity (Wildman–Crippen MR) is 72.2 cm³/mol. The Morgan fingerprint density at radius 3 is 2.85 bits per heavy atom. The Morgan fingerprint density at radius 1 is 1.35 bits per heavy atom. The van der Waals surface area contributed by atoms with Gasteiger partial charge in [-0.3, -0.25) is 9.48 Å². The van der Waals surface area contributed by atoms with Crippen molar-refractivity contribution in [3.63, 3.8) is 0 Å². The number of primary amides is 1. The summed E-state index contributed by atoms with van der Waals surface area (Å²) in [6.45, 7) is 2.52. The molecule has 2 aromatic rings. The lowest BCUT2D eigenvalue weighted by atomic mass is 10.1. The summed E-state index contributed by atoms with van der Waals surface area (Å²) >= 11 is 0. The minimum Gasteiger partial charge on any atom is -0.462 e. The number of hydrogen-bond acceptors (Lipinski definition) is 4. The number of carbonyl (C=O) groups excluding carboxylic acids is 2. The molecule has 0 fully saturated rings. The highest BCUT2D eigenvalue weighted by Gasteiger charge is 2.09. The van der Waals surface area contributed by atoms with E-state index in [4.69, 9.17) is 10.5 Å². The van der Waals surface area contributed by atoms with E-state index in [9.17, 15) is 9.59 Å². The SMILES string of the molecule is CCOC(=O)c1cnn(Cc2cccc(C(N)=O)c2)c1. The molecule has 1 amide bonds. The van der Waals surface area contributed by atoms with Crippen LogP contribution in [0.4, 0.5) is 0 Å². The molecular formula is C14H15N3O3. The molecule has 0 aliphatic carbocycles. The average Bonchev–Trinajstić information content (AvgIpc) is 2.88. The zero-order valence-electron chi connectivity index (χ0n) is 11.1. The van der Waals surface area contributed by atoms with Gasteiger partial charge in [-0.1, -0.05) is 12.1 Å². The summed E-state index contributed by atoms with van der Waals surface area (Å²) in [5, 5.41) is 4.09. The van der Waals surface area contributed by atoms with Crippen LogP contribution in [-0.4, -0.2) is 28.3 Å². The molecule has 1 aromatic carbocycles. The van der Waals surface area contributed by atoms with E-state index >= 15 is 0 Å². The molecule has 104 valence electrons. The molecule has 0 bridgehead atoms. The Balaban J connectivity index is 2.12. The van der Waals surface area contributed by atoms with Gasteiger partial charge in [0, 0.05) is 11.8 Å². The highest BCUT2D eigenvalue weighted by atomic mass is 16.5. The second-order valence-electron chi connectivity index (χ2n) is 4.21. The zero-order chi connectivity index (χ0) is 14.5. The topological polar surface area (TPSA) is 87.2 Å². The first-order valence-electron chi connectivity index (χ1n) is 6.18. The number of amides is 1. The normalized spacial score (nSPS) is 10.2. The molecule has 0 aliphatic rings. The van der Waals surface area contributed by atoms with Crippen molar-refractivity contribution in [3.8, 4) is 0 Å². The maximum absolute atomic E-state index is 11.5. The lowest BCUT2D eigenvalue weighted by molar-refractivity contribution is 0.0526. The van der Waals surface area contributed by atoms with Crippen molar-refractivity contribution in [1.82, 2.24) is 9.78 Å². The van der Waals surface area contributed by atoms with Gasteiger partial charge in [-0.25, -0.2) is 4.79 Å². The lowest BCUT2D eigenvalue weighted by Crippen LogP contribution is -2.11. The summed E-state index contributed by atoms with van der Waals surface area (Å²) in [4.78, 5) is 22.6. The fraction of sp³-hybridized carbons (Fsp3) is 0.214. The number of nitrogens with zero attached hydrogens (tertiary/aromatic N) is 2. The first-order valence-corrected chi connectivity index (χ1v) is 6.18. The molecule has 0 saturated heterocycles. The third-order valence-corrected chi connectivity index (χ3v) is 2.70. The molecule has 2 rings (SSSR count). The summed E-state index contributed by atoms with van der Waals surface area (Å²) in [6.07, 6.45) is 3.06. The van der Waals surface area contributed by atoms with Crippen LogP contribution in [0.25, 0.3) is 0 Å². The number of carbonyl (C=O) groups is 2. The third kappa shape index (κ3) is 3.23. The molecular weight excluding hydrogens is 258 g/mol. The Morgan fingerprint density at radius 2 is 2.15 bits per heavy atom. The van der Waals surface area contributed by atoms with Crippen molar-refractivity contribution in [1.29, 1.82) is 0 Å². The molecule has 1 aromatic heterocycles. The summed E-state index contributed by atoms with van der Waals surface area (Å²) in [5.41, 5.74) is 6.95. The summed E-state index contributed by atoms with van der Waals surface area (Å²) in [6, 6.07) is 6.97. The molecule has 0 saturated carbocycles. The first-order chi connectivity index (χ1) is 9.60. The minimum atomic E-state index is -0.473. The van der Waals surface area contributed by atoms with Crippen LogP contribution >= 0.6 is 0 Å². The number of rotatable bonds is 5. The molecule has 0 unspecified atom stereocenters. The van der Waals surface area contributed by atoms with E-state index in [1.54, 1.807) is 36.0 Å². The first kappa shape index (κ1) is 13.8. The van der Waals surface area contributed by atoms with Crippen molar-refractivity contribution in [2.24, 2.45) is 5.73 Å². The van der Waals surface area contributed by atoms with Gasteiger partial charge >= 0.3 is 5.97 Å². The zero-order valence-corrected chi connectivity index (χ0v) is 11.1. The summed E-state index contributed by atoms with van der Waals surface area (Å²) < 4.78 is 6.49. The van der Waals surface area contributed by atoms with E-state index in [0.717, 1.165) is 5.56 Å². The van der Waals surface area contributed by atoms with Crippen LogP contribution in [0.15, 0.2) is 36.7 Å². The Kier molecular flexibility index (Phi) is 4.14. The van der Waals surface area contributed by atoms with Gasteiger partial charge in [-0.05, 0) is 24.6 Å². The van der Waals surface area contributed by atoms with Crippen molar-refractivity contribution in [2.45, 2.75) is 13.5 Å². The van der Waals surface area contributed by atoms with Crippen LogP contribution in [0.3, 0.4) is 0 Å². The van der Waals surface area contributed by atoms with Gasteiger partial charge in [0.1, 0.15) is 0 Å². The molecule has 6 heteroatoms. The maximum atomic E-state index is 11.5. The molecule has 2 N–H and O–H groups in total. The Bertz CT molecular complexity index is 634. The monoisotopic (exact) mass is 273 g/mol. The Hall–Kier alpha value is -2.63. The fourth-order valence-electron chi connectivity index (χ4n) is 1.78. The van der Waals surface area contributed by atoms with Crippen LogP contribution < -0.4 is 5.73 Å². The van der Waals surface area contributed by atoms with Crippen LogP contribution in [-0.2, 0) is 11.3 Å². The van der Waals surface area contributed by atoms with E-state index in [0.29, 0.717) is 24.3 Å². The van der Waals surface area contributed by atoms with Crippen molar-refractivity contribution in [3.05, 3.63) is 53.3 Å². The van der Waals surface area contributed by atoms with Gasteiger partial charge in [-0.15, -0.1) is 0 Å². The summed E-state index contributed by atoms with van der Waals surface area (Å²) in [7, 11) is 0. The van der Waals surface area contributed by atoms with Crippen LogP contribution in [0.1, 0.15) is 33.2 Å². The number of esters is 1. The number of ether oxygens (including phenoxy) is 1. The van der Waals surface area contributed by atoms with Gasteiger partial charge in [0.25, 0.3) is 0 Å². The quantitative estimate of drug-likeness (QED) is 0.829. The van der Waals surface area contributed by atoms with Crippen LogP contribution in [0.2, 0.25) is 0 Å². The number of benzene rings is 1. The Labute approximate surface area is 116 Å². The van der Waals surface area contributed by atoms with E-state index < -0.39 is 11.9 Å². The predicted octanol–water partition coefficient (Wildman–Crippen LogP) is 1.21. The molecule has 0 atom stereocenters. The van der Waals surface area contributed by atoms with E-state index in [1.807, 2.05) is 6.07 Å². The third-order valence-electron chi connectivity index (χ3n) is 2.70. The van der Waals surface area contributed by atoms with Crippen molar-refractivity contribution < 1.29 is 14.3 Å².